The van der Waals surface area contributed by atoms with Crippen molar-refractivity contribution in [3.05, 3.63) is 17.3 Å². The van der Waals surface area contributed by atoms with Gasteiger partial charge in [-0.2, -0.15) is 0 Å². The van der Waals surface area contributed by atoms with Gasteiger partial charge in [-0.15, -0.1) is 0 Å². The maximum absolute atomic E-state index is 5.87. The summed E-state index contributed by atoms with van der Waals surface area (Å²) in [6.45, 7) is 7.36. The molecule has 1 aromatic rings. The molecule has 4 heteroatoms. The molecular formula is C11H17N3O. The fourth-order valence-corrected chi connectivity index (χ4v) is 1.78. The van der Waals surface area contributed by atoms with E-state index in [1.807, 2.05) is 19.9 Å². The van der Waals surface area contributed by atoms with Crippen LogP contribution < -0.4 is 10.6 Å². The van der Waals surface area contributed by atoms with E-state index in [0.29, 0.717) is 0 Å². The van der Waals surface area contributed by atoms with Gasteiger partial charge in [-0.25, -0.2) is 4.98 Å². The van der Waals surface area contributed by atoms with Gasteiger partial charge in [0.15, 0.2) is 0 Å². The Morgan fingerprint density at radius 1 is 1.33 bits per heavy atom. The van der Waals surface area contributed by atoms with Gasteiger partial charge in [-0.05, 0) is 25.5 Å². The molecule has 1 fully saturated rings. The first-order valence-corrected chi connectivity index (χ1v) is 5.25. The summed E-state index contributed by atoms with van der Waals surface area (Å²) in [6.07, 6.45) is 0. The Kier molecular flexibility index (Phi) is 2.77. The highest BCUT2D eigenvalue weighted by molar-refractivity contribution is 5.56. The van der Waals surface area contributed by atoms with E-state index in [9.17, 15) is 0 Å². The summed E-state index contributed by atoms with van der Waals surface area (Å²) in [5.74, 6) is 1.02. The van der Waals surface area contributed by atoms with Gasteiger partial charge in [-0.1, -0.05) is 0 Å². The molecule has 15 heavy (non-hydrogen) atoms. The number of nitrogens with zero attached hydrogens (tertiary/aromatic N) is 2. The van der Waals surface area contributed by atoms with E-state index in [0.717, 1.165) is 49.1 Å². The number of nitrogens with two attached hydrogens (primary N) is 1. The summed E-state index contributed by atoms with van der Waals surface area (Å²) in [7, 11) is 0. The third-order valence-corrected chi connectivity index (χ3v) is 2.78. The monoisotopic (exact) mass is 207 g/mol. The number of pyridine rings is 1. The average molecular weight is 207 g/mol. The number of nitrogen functional groups attached to an aromatic ring is 1. The first kappa shape index (κ1) is 10.2. The van der Waals surface area contributed by atoms with E-state index < -0.39 is 0 Å². The molecule has 2 heterocycles. The molecule has 0 bridgehead atoms. The first-order chi connectivity index (χ1) is 7.18. The highest BCUT2D eigenvalue weighted by atomic mass is 16.5. The van der Waals surface area contributed by atoms with Crippen LogP contribution in [-0.2, 0) is 4.74 Å². The van der Waals surface area contributed by atoms with Gasteiger partial charge in [0.1, 0.15) is 5.82 Å². The van der Waals surface area contributed by atoms with Crippen molar-refractivity contribution < 1.29 is 4.74 Å². The lowest BCUT2D eigenvalue weighted by Gasteiger charge is -2.28. The number of rotatable bonds is 1. The van der Waals surface area contributed by atoms with E-state index in [-0.39, 0.29) is 0 Å². The minimum atomic E-state index is 0.782. The van der Waals surface area contributed by atoms with E-state index in [2.05, 4.69) is 9.88 Å². The summed E-state index contributed by atoms with van der Waals surface area (Å²) in [6, 6.07) is 2.05. The van der Waals surface area contributed by atoms with Crippen molar-refractivity contribution in [3.63, 3.8) is 0 Å². The maximum atomic E-state index is 5.87. The quantitative estimate of drug-likeness (QED) is 0.749. The van der Waals surface area contributed by atoms with Gasteiger partial charge in [0.2, 0.25) is 0 Å². The zero-order valence-corrected chi connectivity index (χ0v) is 9.29. The second-order valence-electron chi connectivity index (χ2n) is 3.90. The third kappa shape index (κ3) is 2.04. The second-order valence-corrected chi connectivity index (χ2v) is 3.90. The Labute approximate surface area is 90.0 Å². The fourth-order valence-electron chi connectivity index (χ4n) is 1.78. The van der Waals surface area contributed by atoms with Gasteiger partial charge >= 0.3 is 0 Å². The average Bonchev–Trinajstić information content (AvgIpc) is 2.26. The zero-order valence-electron chi connectivity index (χ0n) is 9.29. The van der Waals surface area contributed by atoms with Crippen LogP contribution in [0.25, 0.3) is 0 Å². The van der Waals surface area contributed by atoms with E-state index in [4.69, 9.17) is 10.5 Å². The standard InChI is InChI=1S/C11H17N3O/c1-8-7-10(13-9(2)11(8)12)14-3-5-15-6-4-14/h7H,3-6,12H2,1-2H3. The summed E-state index contributed by atoms with van der Waals surface area (Å²) < 4.78 is 5.31. The van der Waals surface area contributed by atoms with Crippen molar-refractivity contribution in [1.29, 1.82) is 0 Å². The van der Waals surface area contributed by atoms with Crippen molar-refractivity contribution in [3.8, 4) is 0 Å². The summed E-state index contributed by atoms with van der Waals surface area (Å²) in [4.78, 5) is 6.74. The van der Waals surface area contributed by atoms with Gasteiger partial charge in [0, 0.05) is 13.1 Å². The first-order valence-electron chi connectivity index (χ1n) is 5.25. The number of morpholine rings is 1. The second kappa shape index (κ2) is 4.06. The minimum absolute atomic E-state index is 0.782. The molecule has 0 saturated carbocycles. The zero-order chi connectivity index (χ0) is 10.8. The van der Waals surface area contributed by atoms with Crippen molar-refractivity contribution in [2.75, 3.05) is 36.9 Å². The molecule has 0 aromatic carbocycles. The van der Waals surface area contributed by atoms with Crippen molar-refractivity contribution in [2.24, 2.45) is 0 Å². The van der Waals surface area contributed by atoms with E-state index in [1.165, 1.54) is 0 Å². The fraction of sp³-hybridized carbons (Fsp3) is 0.545. The van der Waals surface area contributed by atoms with Crippen molar-refractivity contribution in [1.82, 2.24) is 4.98 Å². The number of hydrogen-bond donors (Lipinski definition) is 1. The molecule has 1 aromatic heterocycles. The number of anilines is 2. The molecule has 1 saturated heterocycles. The Hall–Kier alpha value is -1.29. The molecule has 0 radical (unpaired) electrons. The highest BCUT2D eigenvalue weighted by Gasteiger charge is 2.13. The number of ether oxygens (including phenoxy) is 1. The minimum Gasteiger partial charge on any atom is -0.397 e. The van der Waals surface area contributed by atoms with Crippen LogP contribution in [0.1, 0.15) is 11.3 Å². The molecule has 82 valence electrons. The van der Waals surface area contributed by atoms with Crippen LogP contribution in [0, 0.1) is 13.8 Å². The largest absolute Gasteiger partial charge is 0.397 e. The molecule has 0 spiro atoms. The smallest absolute Gasteiger partial charge is 0.129 e. The summed E-state index contributed by atoms with van der Waals surface area (Å²) >= 11 is 0. The highest BCUT2D eigenvalue weighted by Crippen LogP contribution is 2.21. The van der Waals surface area contributed by atoms with E-state index >= 15 is 0 Å². The Morgan fingerprint density at radius 2 is 2.00 bits per heavy atom. The number of aromatic nitrogens is 1. The van der Waals surface area contributed by atoms with Crippen LogP contribution in [0.15, 0.2) is 6.07 Å². The predicted octanol–water partition coefficient (Wildman–Crippen LogP) is 1.12. The number of hydrogen-bond acceptors (Lipinski definition) is 4. The van der Waals surface area contributed by atoms with Gasteiger partial charge in [0.25, 0.3) is 0 Å². The van der Waals surface area contributed by atoms with Crippen LogP contribution in [0.5, 0.6) is 0 Å². The molecule has 0 aliphatic carbocycles. The molecule has 1 aliphatic rings. The maximum Gasteiger partial charge on any atom is 0.129 e. The van der Waals surface area contributed by atoms with Crippen LogP contribution in [0.2, 0.25) is 0 Å². The molecule has 4 nitrogen and oxygen atoms in total. The predicted molar refractivity (Wildman–Crippen MR) is 61.2 cm³/mol. The topological polar surface area (TPSA) is 51.4 Å². The summed E-state index contributed by atoms with van der Waals surface area (Å²) in [5.41, 5.74) is 8.69. The lowest BCUT2D eigenvalue weighted by Crippen LogP contribution is -2.36. The lowest BCUT2D eigenvalue weighted by atomic mass is 10.2. The normalized spacial score (nSPS) is 16.8. The SMILES string of the molecule is Cc1cc(N2CCOCC2)nc(C)c1N. The van der Waals surface area contributed by atoms with Crippen molar-refractivity contribution >= 4 is 11.5 Å². The van der Waals surface area contributed by atoms with Crippen molar-refractivity contribution in [2.45, 2.75) is 13.8 Å². The molecule has 0 unspecified atom stereocenters. The van der Waals surface area contributed by atoms with Crippen LogP contribution in [-0.4, -0.2) is 31.3 Å². The molecule has 2 rings (SSSR count). The van der Waals surface area contributed by atoms with E-state index in [1.54, 1.807) is 0 Å². The third-order valence-electron chi connectivity index (χ3n) is 2.78. The van der Waals surface area contributed by atoms with Gasteiger partial charge < -0.3 is 15.4 Å². The summed E-state index contributed by atoms with van der Waals surface area (Å²) in [5, 5.41) is 0. The lowest BCUT2D eigenvalue weighted by molar-refractivity contribution is 0.122. The van der Waals surface area contributed by atoms with Gasteiger partial charge in [-0.3, -0.25) is 0 Å². The Balaban J connectivity index is 2.27. The molecular weight excluding hydrogens is 190 g/mol. The molecule has 2 N–H and O–H groups in total. The van der Waals surface area contributed by atoms with Gasteiger partial charge in [0.05, 0.1) is 24.6 Å². The van der Waals surface area contributed by atoms with Crippen LogP contribution >= 0.6 is 0 Å². The Morgan fingerprint density at radius 3 is 2.60 bits per heavy atom. The molecule has 0 amide bonds. The molecule has 0 atom stereocenters. The molecule has 1 aliphatic heterocycles. The Bertz CT molecular complexity index is 336. The van der Waals surface area contributed by atoms with Crippen LogP contribution in [0.3, 0.4) is 0 Å². The number of aryl methyl sites for hydroxylation is 2. The van der Waals surface area contributed by atoms with Crippen LogP contribution in [0.4, 0.5) is 11.5 Å².